The average Bonchev–Trinajstić information content (AvgIpc) is 2.42. The highest BCUT2D eigenvalue weighted by molar-refractivity contribution is 6.02. The van der Waals surface area contributed by atoms with Crippen LogP contribution in [0, 0.1) is 6.92 Å². The zero-order valence-electron chi connectivity index (χ0n) is 11.6. The maximum Gasteiger partial charge on any atom is 0.136 e. The largest absolute Gasteiger partial charge is 0.388 e. The monoisotopic (exact) mass is 243 g/mol. The molecular weight excluding hydrogens is 222 g/mol. The zero-order chi connectivity index (χ0) is 13.1. The standard InChI is InChI=1S/C15H21N3/c1-5-18(6-2)15-12-8-7-9-13(16-4)14(12)11(3)10-17-15/h7-10,16H,5-6H2,1-4H3. The third-order valence-corrected chi connectivity index (χ3v) is 3.41. The minimum atomic E-state index is 0.978. The smallest absolute Gasteiger partial charge is 0.136 e. The van der Waals surface area contributed by atoms with Crippen molar-refractivity contribution in [1.29, 1.82) is 0 Å². The van der Waals surface area contributed by atoms with Gasteiger partial charge in [-0.25, -0.2) is 4.98 Å². The van der Waals surface area contributed by atoms with Gasteiger partial charge in [0.1, 0.15) is 5.82 Å². The van der Waals surface area contributed by atoms with Gasteiger partial charge in [0.2, 0.25) is 0 Å². The summed E-state index contributed by atoms with van der Waals surface area (Å²) in [5, 5.41) is 5.77. The van der Waals surface area contributed by atoms with Crippen LogP contribution in [-0.2, 0) is 0 Å². The second kappa shape index (κ2) is 5.25. The number of benzene rings is 1. The van der Waals surface area contributed by atoms with E-state index in [1.165, 1.54) is 22.0 Å². The number of pyridine rings is 1. The highest BCUT2D eigenvalue weighted by Crippen LogP contribution is 2.31. The fraction of sp³-hybridized carbons (Fsp3) is 0.400. The van der Waals surface area contributed by atoms with Gasteiger partial charge in [0.15, 0.2) is 0 Å². The molecule has 0 saturated carbocycles. The Morgan fingerprint density at radius 1 is 1.22 bits per heavy atom. The van der Waals surface area contributed by atoms with Crippen LogP contribution < -0.4 is 10.2 Å². The molecule has 0 amide bonds. The van der Waals surface area contributed by atoms with Crippen LogP contribution in [0.4, 0.5) is 11.5 Å². The molecule has 2 aromatic rings. The summed E-state index contributed by atoms with van der Waals surface area (Å²) in [6.07, 6.45) is 1.97. The lowest BCUT2D eigenvalue weighted by molar-refractivity contribution is 0.851. The van der Waals surface area contributed by atoms with Crippen LogP contribution in [0.25, 0.3) is 10.8 Å². The molecule has 1 aromatic heterocycles. The molecular formula is C15H21N3. The van der Waals surface area contributed by atoms with Gasteiger partial charge in [-0.1, -0.05) is 12.1 Å². The molecule has 0 unspecified atom stereocenters. The fourth-order valence-corrected chi connectivity index (χ4v) is 2.44. The van der Waals surface area contributed by atoms with Gasteiger partial charge >= 0.3 is 0 Å². The third kappa shape index (κ3) is 2.01. The lowest BCUT2D eigenvalue weighted by Gasteiger charge is -2.22. The van der Waals surface area contributed by atoms with Crippen LogP contribution in [-0.4, -0.2) is 25.1 Å². The quantitative estimate of drug-likeness (QED) is 0.891. The predicted molar refractivity (Wildman–Crippen MR) is 79.6 cm³/mol. The third-order valence-electron chi connectivity index (χ3n) is 3.41. The minimum absolute atomic E-state index is 0.978. The van der Waals surface area contributed by atoms with E-state index in [0.717, 1.165) is 18.9 Å². The fourth-order valence-electron chi connectivity index (χ4n) is 2.44. The van der Waals surface area contributed by atoms with E-state index in [4.69, 9.17) is 0 Å². The van der Waals surface area contributed by atoms with Crippen LogP contribution in [0.1, 0.15) is 19.4 Å². The number of aromatic nitrogens is 1. The highest BCUT2D eigenvalue weighted by Gasteiger charge is 2.12. The molecule has 96 valence electrons. The topological polar surface area (TPSA) is 28.2 Å². The molecule has 3 heteroatoms. The summed E-state index contributed by atoms with van der Waals surface area (Å²) < 4.78 is 0. The number of rotatable bonds is 4. The van der Waals surface area contributed by atoms with Crippen molar-refractivity contribution in [2.24, 2.45) is 0 Å². The molecule has 2 rings (SSSR count). The Morgan fingerprint density at radius 3 is 2.56 bits per heavy atom. The number of hydrogen-bond acceptors (Lipinski definition) is 3. The van der Waals surface area contributed by atoms with Gasteiger partial charge < -0.3 is 10.2 Å². The molecule has 1 heterocycles. The van der Waals surface area contributed by atoms with Gasteiger partial charge in [0, 0.05) is 42.8 Å². The van der Waals surface area contributed by atoms with Crippen LogP contribution >= 0.6 is 0 Å². The van der Waals surface area contributed by atoms with Crippen molar-refractivity contribution in [3.8, 4) is 0 Å². The highest BCUT2D eigenvalue weighted by atomic mass is 15.2. The van der Waals surface area contributed by atoms with Gasteiger partial charge in [-0.3, -0.25) is 0 Å². The van der Waals surface area contributed by atoms with E-state index >= 15 is 0 Å². The van der Waals surface area contributed by atoms with Crippen molar-refractivity contribution >= 4 is 22.3 Å². The summed E-state index contributed by atoms with van der Waals surface area (Å²) in [6, 6.07) is 6.35. The number of fused-ring (bicyclic) bond motifs is 1. The Balaban J connectivity index is 2.74. The van der Waals surface area contributed by atoms with E-state index in [9.17, 15) is 0 Å². The molecule has 0 aliphatic rings. The Labute approximate surface area is 109 Å². The second-order valence-corrected chi connectivity index (χ2v) is 4.42. The van der Waals surface area contributed by atoms with E-state index in [1.807, 2.05) is 13.2 Å². The van der Waals surface area contributed by atoms with E-state index in [-0.39, 0.29) is 0 Å². The summed E-state index contributed by atoms with van der Waals surface area (Å²) in [6.45, 7) is 8.40. The van der Waals surface area contributed by atoms with E-state index in [1.54, 1.807) is 0 Å². The first-order chi connectivity index (χ1) is 8.72. The van der Waals surface area contributed by atoms with Crippen molar-refractivity contribution < 1.29 is 0 Å². The van der Waals surface area contributed by atoms with Crippen LogP contribution in [0.5, 0.6) is 0 Å². The van der Waals surface area contributed by atoms with Crippen LogP contribution in [0.3, 0.4) is 0 Å². The van der Waals surface area contributed by atoms with Crippen molar-refractivity contribution in [1.82, 2.24) is 4.98 Å². The molecule has 1 N–H and O–H groups in total. The molecule has 0 radical (unpaired) electrons. The molecule has 0 saturated heterocycles. The Morgan fingerprint density at radius 2 is 1.94 bits per heavy atom. The number of aryl methyl sites for hydroxylation is 1. The van der Waals surface area contributed by atoms with Crippen LogP contribution in [0.15, 0.2) is 24.4 Å². The van der Waals surface area contributed by atoms with E-state index < -0.39 is 0 Å². The molecule has 0 spiro atoms. The number of nitrogens with zero attached hydrogens (tertiary/aromatic N) is 2. The maximum atomic E-state index is 4.62. The molecule has 0 aliphatic heterocycles. The van der Waals surface area contributed by atoms with Gasteiger partial charge in [0.25, 0.3) is 0 Å². The summed E-state index contributed by atoms with van der Waals surface area (Å²) >= 11 is 0. The predicted octanol–water partition coefficient (Wildman–Crippen LogP) is 3.43. The molecule has 18 heavy (non-hydrogen) atoms. The van der Waals surface area contributed by atoms with Gasteiger partial charge in [0.05, 0.1) is 0 Å². The normalized spacial score (nSPS) is 10.7. The summed E-state index contributed by atoms with van der Waals surface area (Å²) in [5.74, 6) is 1.08. The van der Waals surface area contributed by atoms with E-state index in [2.05, 4.69) is 54.2 Å². The van der Waals surface area contributed by atoms with Gasteiger partial charge in [-0.2, -0.15) is 0 Å². The lowest BCUT2D eigenvalue weighted by Crippen LogP contribution is -2.23. The van der Waals surface area contributed by atoms with E-state index in [0.29, 0.717) is 0 Å². The lowest BCUT2D eigenvalue weighted by atomic mass is 10.1. The molecule has 0 bridgehead atoms. The second-order valence-electron chi connectivity index (χ2n) is 4.42. The molecule has 0 aliphatic carbocycles. The number of nitrogens with one attached hydrogen (secondary N) is 1. The molecule has 0 fully saturated rings. The number of hydrogen-bond donors (Lipinski definition) is 1. The maximum absolute atomic E-state index is 4.62. The number of anilines is 2. The zero-order valence-corrected chi connectivity index (χ0v) is 11.6. The Bertz CT molecular complexity index is 545. The SMILES string of the molecule is CCN(CC)c1ncc(C)c2c(NC)cccc12. The van der Waals surface area contributed by atoms with Crippen molar-refractivity contribution in [2.75, 3.05) is 30.4 Å². The van der Waals surface area contributed by atoms with Gasteiger partial charge in [-0.05, 0) is 32.4 Å². The Hall–Kier alpha value is -1.77. The first-order valence-corrected chi connectivity index (χ1v) is 6.53. The first-order valence-electron chi connectivity index (χ1n) is 6.53. The van der Waals surface area contributed by atoms with Crippen molar-refractivity contribution in [2.45, 2.75) is 20.8 Å². The molecule has 1 aromatic carbocycles. The van der Waals surface area contributed by atoms with Crippen molar-refractivity contribution in [3.05, 3.63) is 30.0 Å². The Kier molecular flexibility index (Phi) is 3.70. The van der Waals surface area contributed by atoms with Crippen LogP contribution in [0.2, 0.25) is 0 Å². The molecule has 0 atom stereocenters. The minimum Gasteiger partial charge on any atom is -0.388 e. The summed E-state index contributed by atoms with van der Waals surface area (Å²) in [7, 11) is 1.96. The van der Waals surface area contributed by atoms with Gasteiger partial charge in [-0.15, -0.1) is 0 Å². The van der Waals surface area contributed by atoms with Crippen molar-refractivity contribution in [3.63, 3.8) is 0 Å². The summed E-state index contributed by atoms with van der Waals surface area (Å²) in [4.78, 5) is 6.91. The average molecular weight is 243 g/mol. The summed E-state index contributed by atoms with van der Waals surface area (Å²) in [5.41, 5.74) is 2.38. The first kappa shape index (κ1) is 12.7. The molecule has 3 nitrogen and oxygen atoms in total.